The molecule has 0 saturated carbocycles. The zero-order chi connectivity index (χ0) is 23.1. The summed E-state index contributed by atoms with van der Waals surface area (Å²) in [7, 11) is 0. The van der Waals surface area contributed by atoms with E-state index in [9.17, 15) is 5.11 Å². The lowest BCUT2D eigenvalue weighted by Gasteiger charge is -2.22. The van der Waals surface area contributed by atoms with Gasteiger partial charge in [0.05, 0.1) is 35.8 Å². The van der Waals surface area contributed by atoms with E-state index in [2.05, 4.69) is 25.4 Å². The first kappa shape index (κ1) is 20.5. The second-order valence-corrected chi connectivity index (χ2v) is 8.43. The zero-order valence-electron chi connectivity index (χ0n) is 18.8. The fraction of sp³-hybridized carbons (Fsp3) is 0.240. The Kier molecular flexibility index (Phi) is 5.03. The molecular weight excluding hydrogens is 430 g/mol. The van der Waals surface area contributed by atoms with Crippen molar-refractivity contribution in [3.63, 3.8) is 0 Å². The molecule has 172 valence electrons. The van der Waals surface area contributed by atoms with E-state index in [0.717, 1.165) is 57.9 Å². The van der Waals surface area contributed by atoms with Crippen LogP contribution in [0.15, 0.2) is 61.2 Å². The lowest BCUT2D eigenvalue weighted by molar-refractivity contribution is 0.198. The maximum Gasteiger partial charge on any atom is 0.180 e. The van der Waals surface area contributed by atoms with Gasteiger partial charge in [-0.3, -0.25) is 5.10 Å². The van der Waals surface area contributed by atoms with Crippen LogP contribution in [0.3, 0.4) is 0 Å². The Morgan fingerprint density at radius 1 is 1.24 bits per heavy atom. The number of nitrogens with one attached hydrogen (secondary N) is 2. The fourth-order valence-corrected chi connectivity index (χ4v) is 4.47. The van der Waals surface area contributed by atoms with Gasteiger partial charge < -0.3 is 24.5 Å². The van der Waals surface area contributed by atoms with Crippen LogP contribution in [-0.4, -0.2) is 55.5 Å². The largest absolute Gasteiger partial charge is 0.492 e. The number of ether oxygens (including phenoxy) is 1. The number of fused-ring (bicyclic) bond motifs is 2. The van der Waals surface area contributed by atoms with E-state index in [1.165, 1.54) is 0 Å². The number of hydrogen-bond acceptors (Lipinski definition) is 7. The molecule has 1 saturated heterocycles. The average Bonchev–Trinajstić information content (AvgIpc) is 3.59. The van der Waals surface area contributed by atoms with E-state index in [0.29, 0.717) is 19.0 Å². The molecule has 1 fully saturated rings. The van der Waals surface area contributed by atoms with Gasteiger partial charge >= 0.3 is 0 Å². The van der Waals surface area contributed by atoms with Crippen molar-refractivity contribution in [2.45, 2.75) is 19.4 Å². The summed E-state index contributed by atoms with van der Waals surface area (Å²) in [6.07, 6.45) is 7.92. The van der Waals surface area contributed by atoms with Crippen LogP contribution in [0.5, 0.6) is 5.75 Å². The highest BCUT2D eigenvalue weighted by Crippen LogP contribution is 2.35. The molecule has 34 heavy (non-hydrogen) atoms. The molecule has 3 N–H and O–H groups in total. The van der Waals surface area contributed by atoms with Crippen LogP contribution >= 0.6 is 0 Å². The van der Waals surface area contributed by atoms with Gasteiger partial charge in [-0.1, -0.05) is 12.1 Å². The number of aromatic amines is 1. The topological polar surface area (TPSA) is 104 Å². The number of hydrogen-bond donors (Lipinski definition) is 3. The first-order valence-electron chi connectivity index (χ1n) is 11.4. The summed E-state index contributed by atoms with van der Waals surface area (Å²) in [5.74, 6) is 1.43. The average molecular weight is 456 g/mol. The highest BCUT2D eigenvalue weighted by atomic mass is 16.5. The Bertz CT molecular complexity index is 1470. The van der Waals surface area contributed by atoms with Crippen molar-refractivity contribution in [3.05, 3.63) is 61.2 Å². The van der Waals surface area contributed by atoms with Crippen molar-refractivity contribution in [3.8, 4) is 17.0 Å². The van der Waals surface area contributed by atoms with Crippen molar-refractivity contribution in [1.29, 1.82) is 0 Å². The SMILES string of the molecule is CCOc1cc(Nc2nc(-c3ccc4cn[nH]c4c3)cn3ccnc23)ccc1N1CCC(O)C1. The van der Waals surface area contributed by atoms with Gasteiger partial charge in [0, 0.05) is 54.4 Å². The molecule has 1 aliphatic heterocycles. The van der Waals surface area contributed by atoms with Crippen LogP contribution in [0.1, 0.15) is 13.3 Å². The molecule has 0 amide bonds. The molecule has 1 atom stereocenters. The lowest BCUT2D eigenvalue weighted by Crippen LogP contribution is -2.21. The number of H-pyrrole nitrogens is 1. The molecule has 9 nitrogen and oxygen atoms in total. The Morgan fingerprint density at radius 3 is 3.03 bits per heavy atom. The highest BCUT2D eigenvalue weighted by molar-refractivity contribution is 5.84. The number of β-amino-alcohol motifs (C(OH)–C–C–N with tert-alkyl or cyclic N) is 1. The van der Waals surface area contributed by atoms with Gasteiger partial charge in [-0.05, 0) is 31.5 Å². The van der Waals surface area contributed by atoms with E-state index in [4.69, 9.17) is 9.72 Å². The van der Waals surface area contributed by atoms with Crippen molar-refractivity contribution >= 4 is 33.7 Å². The minimum Gasteiger partial charge on any atom is -0.492 e. The number of nitrogens with zero attached hydrogens (tertiary/aromatic N) is 5. The number of benzene rings is 2. The first-order chi connectivity index (χ1) is 16.7. The predicted molar refractivity (Wildman–Crippen MR) is 132 cm³/mol. The number of aliphatic hydroxyl groups is 1. The minimum absolute atomic E-state index is 0.297. The second-order valence-electron chi connectivity index (χ2n) is 8.43. The molecule has 1 unspecified atom stereocenters. The number of imidazole rings is 1. The predicted octanol–water partition coefficient (Wildman–Crippen LogP) is 3.99. The summed E-state index contributed by atoms with van der Waals surface area (Å²) in [6, 6.07) is 12.1. The summed E-state index contributed by atoms with van der Waals surface area (Å²) in [4.78, 5) is 11.6. The fourth-order valence-electron chi connectivity index (χ4n) is 4.47. The Balaban J connectivity index is 1.37. The number of rotatable bonds is 6. The van der Waals surface area contributed by atoms with Gasteiger partial charge in [-0.25, -0.2) is 9.97 Å². The van der Waals surface area contributed by atoms with Crippen LogP contribution in [-0.2, 0) is 0 Å². The molecule has 4 heterocycles. The summed E-state index contributed by atoms with van der Waals surface area (Å²) in [5, 5.41) is 21.6. The number of aliphatic hydroxyl groups excluding tert-OH is 1. The normalized spacial score (nSPS) is 15.9. The van der Waals surface area contributed by atoms with Crippen molar-refractivity contribution < 1.29 is 9.84 Å². The molecule has 9 heteroatoms. The maximum atomic E-state index is 9.96. The van der Waals surface area contributed by atoms with Gasteiger partial charge in [-0.15, -0.1) is 0 Å². The molecule has 0 radical (unpaired) electrons. The Hall–Kier alpha value is -4.11. The van der Waals surface area contributed by atoms with Gasteiger partial charge in [0.25, 0.3) is 0 Å². The van der Waals surface area contributed by atoms with Crippen LogP contribution in [0, 0.1) is 0 Å². The van der Waals surface area contributed by atoms with Gasteiger partial charge in [-0.2, -0.15) is 5.10 Å². The summed E-state index contributed by atoms with van der Waals surface area (Å²) >= 11 is 0. The minimum atomic E-state index is -0.297. The molecular formula is C25H25N7O2. The van der Waals surface area contributed by atoms with Crippen LogP contribution in [0.4, 0.5) is 17.2 Å². The maximum absolute atomic E-state index is 9.96. The van der Waals surface area contributed by atoms with E-state index < -0.39 is 0 Å². The van der Waals surface area contributed by atoms with Crippen molar-refractivity contribution in [2.24, 2.45) is 0 Å². The third kappa shape index (κ3) is 3.69. The Labute approximate surface area is 196 Å². The molecule has 0 bridgehead atoms. The van der Waals surface area contributed by atoms with E-state index in [-0.39, 0.29) is 6.10 Å². The van der Waals surface area contributed by atoms with Gasteiger partial charge in [0.2, 0.25) is 0 Å². The third-order valence-electron chi connectivity index (χ3n) is 6.14. The van der Waals surface area contributed by atoms with Gasteiger partial charge in [0.1, 0.15) is 5.75 Å². The van der Waals surface area contributed by atoms with E-state index in [1.54, 1.807) is 12.4 Å². The van der Waals surface area contributed by atoms with Gasteiger partial charge in [0.15, 0.2) is 11.5 Å². The Morgan fingerprint density at radius 2 is 2.18 bits per heavy atom. The van der Waals surface area contributed by atoms with Crippen molar-refractivity contribution in [1.82, 2.24) is 24.6 Å². The summed E-state index contributed by atoms with van der Waals surface area (Å²) in [5.41, 5.74) is 5.33. The van der Waals surface area contributed by atoms with Crippen LogP contribution < -0.4 is 15.0 Å². The quantitative estimate of drug-likeness (QED) is 0.356. The van der Waals surface area contributed by atoms with Crippen LogP contribution in [0.25, 0.3) is 27.8 Å². The van der Waals surface area contributed by atoms with E-state index >= 15 is 0 Å². The zero-order valence-corrected chi connectivity index (χ0v) is 18.8. The first-order valence-corrected chi connectivity index (χ1v) is 11.4. The molecule has 1 aliphatic rings. The number of aromatic nitrogens is 5. The smallest absolute Gasteiger partial charge is 0.180 e. The monoisotopic (exact) mass is 455 g/mol. The number of anilines is 3. The molecule has 5 aromatic rings. The molecule has 6 rings (SSSR count). The molecule has 2 aromatic carbocycles. The summed E-state index contributed by atoms with van der Waals surface area (Å²) < 4.78 is 7.91. The summed E-state index contributed by atoms with van der Waals surface area (Å²) in [6.45, 7) is 3.96. The van der Waals surface area contributed by atoms with Crippen molar-refractivity contribution in [2.75, 3.05) is 29.9 Å². The second kappa shape index (κ2) is 8.35. The highest BCUT2D eigenvalue weighted by Gasteiger charge is 2.23. The standard InChI is InChI=1S/C25H25N7O2/c1-2-34-23-12-18(5-6-22(23)31-9-7-19(33)14-31)28-24-25-26-8-10-32(25)15-21(29-24)16-3-4-17-13-27-30-20(17)11-16/h3-6,8,10-13,15,19,33H,2,7,9,14H2,1H3,(H,27,30)(H,28,29). The lowest BCUT2D eigenvalue weighted by atomic mass is 10.1. The molecule has 3 aromatic heterocycles. The molecule has 0 spiro atoms. The van der Waals surface area contributed by atoms with E-state index in [1.807, 2.05) is 60.1 Å². The third-order valence-corrected chi connectivity index (χ3v) is 6.14. The molecule has 0 aliphatic carbocycles. The van der Waals surface area contributed by atoms with Crippen LogP contribution in [0.2, 0.25) is 0 Å².